The molecule has 1 heterocycles. The Morgan fingerprint density at radius 1 is 1.04 bits per heavy atom. The largest absolute Gasteiger partial charge is 0.393 e. The van der Waals surface area contributed by atoms with E-state index in [-0.39, 0.29) is 11.5 Å². The quantitative estimate of drug-likeness (QED) is 0.516. The normalized spacial score (nSPS) is 10.3. The van der Waals surface area contributed by atoms with Crippen LogP contribution in [0.3, 0.4) is 0 Å². The average molecular weight is 366 g/mol. The van der Waals surface area contributed by atoms with Crippen molar-refractivity contribution < 1.29 is 9.18 Å². The van der Waals surface area contributed by atoms with Crippen molar-refractivity contribution in [1.29, 1.82) is 0 Å². The molecule has 27 heavy (non-hydrogen) atoms. The molecule has 1 aromatic heterocycles. The third-order valence-electron chi connectivity index (χ3n) is 4.14. The van der Waals surface area contributed by atoms with Crippen molar-refractivity contribution in [1.82, 2.24) is 15.4 Å². The summed E-state index contributed by atoms with van der Waals surface area (Å²) in [6.07, 6.45) is 1.33. The molecule has 7 nitrogen and oxygen atoms in total. The fourth-order valence-electron chi connectivity index (χ4n) is 2.40. The van der Waals surface area contributed by atoms with Gasteiger partial charge in [0.05, 0.1) is 0 Å². The molecule has 0 saturated heterocycles. The fourth-order valence-corrected chi connectivity index (χ4v) is 2.40. The SMILES string of the molecule is Cc1cccc(Nc2ncnc(NNC(=O)c3ccc(F)cc3)c2N)c1C. The van der Waals surface area contributed by atoms with E-state index in [4.69, 9.17) is 5.73 Å². The highest BCUT2D eigenvalue weighted by atomic mass is 19.1. The number of aromatic nitrogens is 2. The third kappa shape index (κ3) is 4.12. The van der Waals surface area contributed by atoms with E-state index in [0.29, 0.717) is 11.4 Å². The molecule has 5 N–H and O–H groups in total. The summed E-state index contributed by atoms with van der Waals surface area (Å²) in [4.78, 5) is 20.3. The molecule has 138 valence electrons. The van der Waals surface area contributed by atoms with Gasteiger partial charge in [-0.05, 0) is 55.3 Å². The van der Waals surface area contributed by atoms with Gasteiger partial charge in [0, 0.05) is 11.3 Å². The highest BCUT2D eigenvalue weighted by Crippen LogP contribution is 2.27. The fraction of sp³-hybridized carbons (Fsp3) is 0.105. The molecule has 0 saturated carbocycles. The van der Waals surface area contributed by atoms with Gasteiger partial charge in [-0.1, -0.05) is 12.1 Å². The summed E-state index contributed by atoms with van der Waals surface area (Å²) in [6.45, 7) is 4.01. The van der Waals surface area contributed by atoms with E-state index in [1.54, 1.807) is 0 Å². The summed E-state index contributed by atoms with van der Waals surface area (Å²) < 4.78 is 12.9. The molecule has 0 unspecified atom stereocenters. The Labute approximate surface area is 155 Å². The van der Waals surface area contributed by atoms with Gasteiger partial charge in [-0.25, -0.2) is 14.4 Å². The molecule has 0 bridgehead atoms. The van der Waals surface area contributed by atoms with Crippen molar-refractivity contribution in [2.24, 2.45) is 0 Å². The van der Waals surface area contributed by atoms with Gasteiger partial charge >= 0.3 is 0 Å². The highest BCUT2D eigenvalue weighted by molar-refractivity contribution is 5.95. The van der Waals surface area contributed by atoms with Crippen LogP contribution in [0, 0.1) is 19.7 Å². The van der Waals surface area contributed by atoms with Crippen LogP contribution in [0.5, 0.6) is 0 Å². The monoisotopic (exact) mass is 366 g/mol. The molecule has 0 radical (unpaired) electrons. The molecular weight excluding hydrogens is 347 g/mol. The summed E-state index contributed by atoms with van der Waals surface area (Å²) in [5.41, 5.74) is 14.9. The van der Waals surface area contributed by atoms with Crippen molar-refractivity contribution in [3.63, 3.8) is 0 Å². The number of carbonyl (C=O) groups excluding carboxylic acids is 1. The number of benzene rings is 2. The van der Waals surface area contributed by atoms with E-state index in [9.17, 15) is 9.18 Å². The zero-order valence-electron chi connectivity index (χ0n) is 14.9. The Kier molecular flexibility index (Phi) is 5.16. The minimum absolute atomic E-state index is 0.244. The third-order valence-corrected chi connectivity index (χ3v) is 4.14. The number of carbonyl (C=O) groups is 1. The second kappa shape index (κ2) is 7.69. The van der Waals surface area contributed by atoms with Crippen molar-refractivity contribution in [2.75, 3.05) is 16.5 Å². The number of hydrogen-bond donors (Lipinski definition) is 4. The summed E-state index contributed by atoms with van der Waals surface area (Å²) in [5.74, 6) is -0.204. The number of nitrogens with zero attached hydrogens (tertiary/aromatic N) is 2. The number of anilines is 4. The minimum Gasteiger partial charge on any atom is -0.393 e. The lowest BCUT2D eigenvalue weighted by Gasteiger charge is -2.15. The van der Waals surface area contributed by atoms with Crippen LogP contribution in [0.4, 0.5) is 27.4 Å². The van der Waals surface area contributed by atoms with E-state index in [0.717, 1.165) is 16.8 Å². The van der Waals surface area contributed by atoms with Crippen LogP contribution < -0.4 is 21.9 Å². The first-order chi connectivity index (χ1) is 13.0. The van der Waals surface area contributed by atoms with Crippen LogP contribution in [0.1, 0.15) is 21.5 Å². The van der Waals surface area contributed by atoms with E-state index < -0.39 is 11.7 Å². The van der Waals surface area contributed by atoms with Gasteiger partial charge in [0.2, 0.25) is 0 Å². The standard InChI is InChI=1S/C19H19FN6O/c1-11-4-3-5-15(12(11)2)24-17-16(21)18(23-10-22-17)25-26-19(27)13-6-8-14(20)9-7-13/h3-10H,21H2,1-2H3,(H,26,27)(H2,22,23,24,25). The molecule has 2 aromatic carbocycles. The Bertz CT molecular complexity index is 974. The molecule has 3 aromatic rings. The first-order valence-corrected chi connectivity index (χ1v) is 8.21. The predicted molar refractivity (Wildman–Crippen MR) is 103 cm³/mol. The summed E-state index contributed by atoms with van der Waals surface area (Å²) in [6, 6.07) is 11.0. The van der Waals surface area contributed by atoms with Crippen LogP contribution in [0.25, 0.3) is 0 Å². The number of nitrogens with two attached hydrogens (primary N) is 1. The van der Waals surface area contributed by atoms with Crippen LogP contribution in [-0.2, 0) is 0 Å². The Morgan fingerprint density at radius 2 is 1.74 bits per heavy atom. The summed E-state index contributed by atoms with van der Waals surface area (Å²) in [7, 11) is 0. The van der Waals surface area contributed by atoms with E-state index in [1.807, 2.05) is 32.0 Å². The smallest absolute Gasteiger partial charge is 0.269 e. The van der Waals surface area contributed by atoms with Crippen LogP contribution in [0.15, 0.2) is 48.8 Å². The maximum Gasteiger partial charge on any atom is 0.269 e. The first kappa shape index (κ1) is 18.1. The zero-order valence-corrected chi connectivity index (χ0v) is 14.9. The second-order valence-electron chi connectivity index (χ2n) is 5.94. The van der Waals surface area contributed by atoms with Crippen LogP contribution in [-0.4, -0.2) is 15.9 Å². The van der Waals surface area contributed by atoms with E-state index in [2.05, 4.69) is 26.1 Å². The van der Waals surface area contributed by atoms with E-state index >= 15 is 0 Å². The second-order valence-corrected chi connectivity index (χ2v) is 5.94. The van der Waals surface area contributed by atoms with Gasteiger partial charge in [-0.2, -0.15) is 0 Å². The van der Waals surface area contributed by atoms with Gasteiger partial charge in [0.15, 0.2) is 11.6 Å². The molecule has 1 amide bonds. The first-order valence-electron chi connectivity index (χ1n) is 8.21. The molecule has 0 aliphatic carbocycles. The van der Waals surface area contributed by atoms with Crippen molar-refractivity contribution in [3.8, 4) is 0 Å². The molecule has 8 heteroatoms. The lowest BCUT2D eigenvalue weighted by atomic mass is 10.1. The molecule has 0 aliphatic rings. The Balaban J connectivity index is 1.74. The lowest BCUT2D eigenvalue weighted by Crippen LogP contribution is -2.30. The molecule has 0 atom stereocenters. The van der Waals surface area contributed by atoms with Crippen LogP contribution >= 0.6 is 0 Å². The molecule has 3 rings (SSSR count). The van der Waals surface area contributed by atoms with Gasteiger partial charge in [-0.15, -0.1) is 0 Å². The number of aryl methyl sites for hydroxylation is 1. The van der Waals surface area contributed by atoms with Gasteiger partial charge < -0.3 is 11.1 Å². The number of nitrogen functional groups attached to an aromatic ring is 1. The van der Waals surface area contributed by atoms with Gasteiger partial charge in [0.1, 0.15) is 17.8 Å². The van der Waals surface area contributed by atoms with Crippen molar-refractivity contribution in [3.05, 3.63) is 71.3 Å². The molecule has 0 aliphatic heterocycles. The maximum absolute atomic E-state index is 12.9. The number of rotatable bonds is 5. The average Bonchev–Trinajstić information content (AvgIpc) is 2.66. The number of hydrazine groups is 1. The number of nitrogens with one attached hydrogen (secondary N) is 3. The van der Waals surface area contributed by atoms with Crippen molar-refractivity contribution in [2.45, 2.75) is 13.8 Å². The molecule has 0 fully saturated rings. The molecular formula is C19H19FN6O. The number of amides is 1. The number of hydrogen-bond acceptors (Lipinski definition) is 6. The Morgan fingerprint density at radius 3 is 2.48 bits per heavy atom. The number of halogens is 1. The van der Waals surface area contributed by atoms with Gasteiger partial charge in [0.25, 0.3) is 5.91 Å². The van der Waals surface area contributed by atoms with E-state index in [1.165, 1.54) is 30.6 Å². The summed E-state index contributed by atoms with van der Waals surface area (Å²) in [5, 5.41) is 3.18. The lowest BCUT2D eigenvalue weighted by molar-refractivity contribution is 0.0962. The van der Waals surface area contributed by atoms with Gasteiger partial charge in [-0.3, -0.25) is 15.6 Å². The zero-order chi connectivity index (χ0) is 19.4. The summed E-state index contributed by atoms with van der Waals surface area (Å²) >= 11 is 0. The highest BCUT2D eigenvalue weighted by Gasteiger charge is 2.11. The predicted octanol–water partition coefficient (Wildman–Crippen LogP) is 3.32. The van der Waals surface area contributed by atoms with Crippen LogP contribution in [0.2, 0.25) is 0 Å². The minimum atomic E-state index is -0.447. The van der Waals surface area contributed by atoms with Crippen molar-refractivity contribution >= 4 is 28.9 Å². The molecule has 0 spiro atoms. The maximum atomic E-state index is 12.9. The Hall–Kier alpha value is -3.68. The topological polar surface area (TPSA) is 105 Å².